The zero-order chi connectivity index (χ0) is 19.2. The van der Waals surface area contributed by atoms with Crippen molar-refractivity contribution in [2.75, 3.05) is 11.9 Å². The molecule has 0 bridgehead atoms. The van der Waals surface area contributed by atoms with E-state index < -0.39 is 11.7 Å². The van der Waals surface area contributed by atoms with Gasteiger partial charge in [-0.3, -0.25) is 14.9 Å². The number of amides is 2. The van der Waals surface area contributed by atoms with Crippen LogP contribution in [0.25, 0.3) is 0 Å². The van der Waals surface area contributed by atoms with Crippen LogP contribution in [-0.2, 0) is 6.42 Å². The van der Waals surface area contributed by atoms with E-state index in [9.17, 15) is 14.0 Å². The summed E-state index contributed by atoms with van der Waals surface area (Å²) in [5.41, 5.74) is 0.495. The highest BCUT2D eigenvalue weighted by atomic mass is 79.9. The number of hydrogen-bond acceptors (Lipinski definition) is 5. The summed E-state index contributed by atoms with van der Waals surface area (Å²) in [5, 5.41) is 14.1. The van der Waals surface area contributed by atoms with E-state index >= 15 is 0 Å². The lowest BCUT2D eigenvalue weighted by atomic mass is 10.2. The van der Waals surface area contributed by atoms with Gasteiger partial charge in [0.05, 0.1) is 5.56 Å². The molecule has 0 fully saturated rings. The van der Waals surface area contributed by atoms with Crippen LogP contribution in [0.3, 0.4) is 0 Å². The molecule has 27 heavy (non-hydrogen) atoms. The Morgan fingerprint density at radius 2 is 1.89 bits per heavy atom. The molecule has 0 aliphatic heterocycles. The Morgan fingerprint density at radius 3 is 2.67 bits per heavy atom. The minimum atomic E-state index is -0.602. The zero-order valence-corrected chi connectivity index (χ0v) is 16.3. The summed E-state index contributed by atoms with van der Waals surface area (Å²) < 4.78 is 14.4. The maximum absolute atomic E-state index is 13.6. The molecule has 0 radical (unpaired) electrons. The predicted molar refractivity (Wildman–Crippen MR) is 104 cm³/mol. The van der Waals surface area contributed by atoms with Crippen LogP contribution in [-0.4, -0.2) is 28.6 Å². The summed E-state index contributed by atoms with van der Waals surface area (Å²) in [6.07, 6.45) is 0.465. The van der Waals surface area contributed by atoms with Gasteiger partial charge >= 0.3 is 0 Å². The Kier molecular flexibility index (Phi) is 6.25. The summed E-state index contributed by atoms with van der Waals surface area (Å²) in [7, 11) is 0. The number of carbonyl (C=O) groups excluding carboxylic acids is 2. The smallest absolute Gasteiger partial charge is 0.260 e. The summed E-state index contributed by atoms with van der Waals surface area (Å²) in [6, 6.07) is 12.8. The molecule has 0 aliphatic carbocycles. The van der Waals surface area contributed by atoms with E-state index in [-0.39, 0.29) is 16.6 Å². The SMILES string of the molecule is O=C(NCCc1nnc(NC(=O)c2ccccc2F)s1)c1cccc(Br)c1. The molecule has 6 nitrogen and oxygen atoms in total. The molecule has 3 rings (SSSR count). The molecule has 9 heteroatoms. The van der Waals surface area contributed by atoms with Gasteiger partial charge in [-0.15, -0.1) is 10.2 Å². The Balaban J connectivity index is 1.52. The van der Waals surface area contributed by atoms with Crippen molar-refractivity contribution >= 4 is 44.2 Å². The second kappa shape index (κ2) is 8.83. The number of nitrogens with zero attached hydrogens (tertiary/aromatic N) is 2. The number of aromatic nitrogens is 2. The normalized spacial score (nSPS) is 10.4. The molecule has 138 valence electrons. The van der Waals surface area contributed by atoms with Crippen LogP contribution in [0.15, 0.2) is 53.0 Å². The van der Waals surface area contributed by atoms with E-state index in [1.807, 2.05) is 6.07 Å². The fraction of sp³-hybridized carbons (Fsp3) is 0.111. The average molecular weight is 449 g/mol. The lowest BCUT2D eigenvalue weighted by Crippen LogP contribution is -2.25. The van der Waals surface area contributed by atoms with Gasteiger partial charge in [0.2, 0.25) is 5.13 Å². The highest BCUT2D eigenvalue weighted by Gasteiger charge is 2.14. The van der Waals surface area contributed by atoms with Gasteiger partial charge in [-0.25, -0.2) is 4.39 Å². The first-order chi connectivity index (χ1) is 13.0. The van der Waals surface area contributed by atoms with Gasteiger partial charge in [0, 0.05) is 23.0 Å². The van der Waals surface area contributed by atoms with Crippen LogP contribution in [0.4, 0.5) is 9.52 Å². The maximum atomic E-state index is 13.6. The van der Waals surface area contributed by atoms with Crippen molar-refractivity contribution in [1.29, 1.82) is 0 Å². The minimum Gasteiger partial charge on any atom is -0.352 e. The molecule has 1 heterocycles. The van der Waals surface area contributed by atoms with E-state index in [2.05, 4.69) is 36.8 Å². The van der Waals surface area contributed by atoms with E-state index in [1.54, 1.807) is 24.3 Å². The Labute approximate surface area is 167 Å². The van der Waals surface area contributed by atoms with Crippen molar-refractivity contribution in [3.8, 4) is 0 Å². The van der Waals surface area contributed by atoms with Crippen molar-refractivity contribution in [2.24, 2.45) is 0 Å². The first-order valence-corrected chi connectivity index (χ1v) is 9.56. The Bertz CT molecular complexity index is 979. The monoisotopic (exact) mass is 448 g/mol. The summed E-state index contributed by atoms with van der Waals surface area (Å²) in [4.78, 5) is 24.1. The Hall–Kier alpha value is -2.65. The van der Waals surface area contributed by atoms with Gasteiger partial charge in [-0.05, 0) is 30.3 Å². The fourth-order valence-corrected chi connectivity index (χ4v) is 3.36. The third-order valence-corrected chi connectivity index (χ3v) is 4.91. The second-order valence-electron chi connectivity index (χ2n) is 5.45. The van der Waals surface area contributed by atoms with Crippen LogP contribution in [0.2, 0.25) is 0 Å². The lowest BCUT2D eigenvalue weighted by Gasteiger charge is -2.04. The van der Waals surface area contributed by atoms with Gasteiger partial charge in [0.1, 0.15) is 10.8 Å². The van der Waals surface area contributed by atoms with Gasteiger partial charge in [-0.1, -0.05) is 45.5 Å². The van der Waals surface area contributed by atoms with Gasteiger partial charge in [0.15, 0.2) is 0 Å². The topological polar surface area (TPSA) is 84.0 Å². The largest absolute Gasteiger partial charge is 0.352 e. The molecule has 2 amide bonds. The van der Waals surface area contributed by atoms with Crippen LogP contribution in [0, 0.1) is 5.82 Å². The molecule has 0 unspecified atom stereocenters. The molecule has 1 aromatic heterocycles. The molecule has 0 saturated heterocycles. The number of carbonyl (C=O) groups is 2. The molecule has 2 N–H and O–H groups in total. The number of anilines is 1. The van der Waals surface area contributed by atoms with Crippen LogP contribution < -0.4 is 10.6 Å². The highest BCUT2D eigenvalue weighted by molar-refractivity contribution is 9.10. The molecule has 0 atom stereocenters. The number of halogens is 2. The quantitative estimate of drug-likeness (QED) is 0.602. The first-order valence-electron chi connectivity index (χ1n) is 7.95. The van der Waals surface area contributed by atoms with E-state index in [0.717, 1.165) is 4.47 Å². The maximum Gasteiger partial charge on any atom is 0.260 e. The van der Waals surface area contributed by atoms with E-state index in [4.69, 9.17) is 0 Å². The van der Waals surface area contributed by atoms with Crippen molar-refractivity contribution < 1.29 is 14.0 Å². The third kappa shape index (κ3) is 5.18. The van der Waals surface area contributed by atoms with E-state index in [0.29, 0.717) is 23.5 Å². The van der Waals surface area contributed by atoms with Crippen molar-refractivity contribution in [3.05, 3.63) is 75.0 Å². The molecule has 0 aliphatic rings. The third-order valence-electron chi connectivity index (χ3n) is 3.52. The summed E-state index contributed by atoms with van der Waals surface area (Å²) >= 11 is 4.50. The molecule has 0 spiro atoms. The van der Waals surface area contributed by atoms with Crippen LogP contribution in [0.5, 0.6) is 0 Å². The van der Waals surface area contributed by atoms with Crippen molar-refractivity contribution in [1.82, 2.24) is 15.5 Å². The molecular weight excluding hydrogens is 435 g/mol. The lowest BCUT2D eigenvalue weighted by molar-refractivity contribution is 0.0953. The number of nitrogens with one attached hydrogen (secondary N) is 2. The number of benzene rings is 2. The number of hydrogen-bond donors (Lipinski definition) is 2. The standard InChI is InChI=1S/C18H14BrFN4O2S/c19-12-5-3-4-11(10-12)16(25)21-9-8-15-23-24-18(27-15)22-17(26)13-6-1-2-7-14(13)20/h1-7,10H,8-9H2,(H,21,25)(H,22,24,26). The van der Waals surface area contributed by atoms with Crippen molar-refractivity contribution in [2.45, 2.75) is 6.42 Å². The van der Waals surface area contributed by atoms with Gasteiger partial charge < -0.3 is 5.32 Å². The zero-order valence-electron chi connectivity index (χ0n) is 13.9. The average Bonchev–Trinajstić information content (AvgIpc) is 3.09. The molecule has 2 aromatic carbocycles. The summed E-state index contributed by atoms with van der Waals surface area (Å²) in [5.74, 6) is -1.37. The van der Waals surface area contributed by atoms with Gasteiger partial charge in [-0.2, -0.15) is 0 Å². The van der Waals surface area contributed by atoms with Crippen molar-refractivity contribution in [3.63, 3.8) is 0 Å². The molecule has 3 aromatic rings. The predicted octanol–water partition coefficient (Wildman–Crippen LogP) is 3.66. The first kappa shape index (κ1) is 19.1. The highest BCUT2D eigenvalue weighted by Crippen LogP contribution is 2.17. The van der Waals surface area contributed by atoms with Crippen LogP contribution in [0.1, 0.15) is 25.7 Å². The molecular formula is C18H14BrFN4O2S. The Morgan fingerprint density at radius 1 is 1.07 bits per heavy atom. The second-order valence-corrected chi connectivity index (χ2v) is 7.43. The minimum absolute atomic E-state index is 0.0597. The number of rotatable bonds is 6. The molecule has 0 saturated carbocycles. The van der Waals surface area contributed by atoms with E-state index in [1.165, 1.54) is 29.5 Å². The summed E-state index contributed by atoms with van der Waals surface area (Å²) in [6.45, 7) is 0.376. The fourth-order valence-electron chi connectivity index (χ4n) is 2.23. The van der Waals surface area contributed by atoms with Crippen LogP contribution >= 0.6 is 27.3 Å². The van der Waals surface area contributed by atoms with Gasteiger partial charge in [0.25, 0.3) is 11.8 Å².